The van der Waals surface area contributed by atoms with Crippen LogP contribution in [0.4, 0.5) is 0 Å². The smallest absolute Gasteiger partial charge is 0.0331 e. The maximum atomic E-state index is 6.03. The molecule has 94 valence electrons. The number of rotatable bonds is 4. The van der Waals surface area contributed by atoms with Crippen molar-refractivity contribution in [1.82, 2.24) is 9.80 Å². The molecule has 16 heavy (non-hydrogen) atoms. The highest BCUT2D eigenvalue weighted by atomic mass is 15.2. The predicted octanol–water partition coefficient (Wildman–Crippen LogP) is 1.14. The largest absolute Gasteiger partial charge is 0.329 e. The highest BCUT2D eigenvalue weighted by Gasteiger charge is 2.45. The second kappa shape index (κ2) is 4.63. The SMILES string of the molecule is CN1CCC(N(C)C(C)(CN)C2CC2)CC1. The van der Waals surface area contributed by atoms with Crippen molar-refractivity contribution in [2.75, 3.05) is 33.7 Å². The normalized spacial score (nSPS) is 28.3. The molecular formula is C13H27N3. The summed E-state index contributed by atoms with van der Waals surface area (Å²) in [7, 11) is 4.51. The van der Waals surface area contributed by atoms with Gasteiger partial charge < -0.3 is 10.6 Å². The summed E-state index contributed by atoms with van der Waals surface area (Å²) < 4.78 is 0. The molecule has 3 heteroatoms. The minimum atomic E-state index is 0.251. The molecule has 1 aliphatic heterocycles. The lowest BCUT2D eigenvalue weighted by atomic mass is 9.90. The van der Waals surface area contributed by atoms with Gasteiger partial charge in [0.15, 0.2) is 0 Å². The zero-order valence-electron chi connectivity index (χ0n) is 11.1. The Bertz CT molecular complexity index is 231. The van der Waals surface area contributed by atoms with E-state index in [1.165, 1.54) is 38.8 Å². The van der Waals surface area contributed by atoms with Gasteiger partial charge in [-0.3, -0.25) is 4.90 Å². The molecule has 2 rings (SSSR count). The summed E-state index contributed by atoms with van der Waals surface area (Å²) in [4.78, 5) is 5.03. The van der Waals surface area contributed by atoms with Crippen molar-refractivity contribution >= 4 is 0 Å². The summed E-state index contributed by atoms with van der Waals surface area (Å²) in [5.41, 5.74) is 6.28. The molecule has 1 heterocycles. The minimum absolute atomic E-state index is 0.251. The summed E-state index contributed by atoms with van der Waals surface area (Å²) in [5.74, 6) is 0.849. The van der Waals surface area contributed by atoms with Gasteiger partial charge in [0, 0.05) is 18.1 Å². The van der Waals surface area contributed by atoms with Gasteiger partial charge in [-0.05, 0) is 65.7 Å². The number of hydrogen-bond acceptors (Lipinski definition) is 3. The minimum Gasteiger partial charge on any atom is -0.329 e. The molecular weight excluding hydrogens is 198 g/mol. The molecule has 2 fully saturated rings. The quantitative estimate of drug-likeness (QED) is 0.779. The van der Waals surface area contributed by atoms with Gasteiger partial charge in [0.25, 0.3) is 0 Å². The Kier molecular flexibility index (Phi) is 3.57. The molecule has 2 N–H and O–H groups in total. The predicted molar refractivity (Wildman–Crippen MR) is 68.5 cm³/mol. The number of hydrogen-bond donors (Lipinski definition) is 1. The fraction of sp³-hybridized carbons (Fsp3) is 1.00. The van der Waals surface area contributed by atoms with Crippen molar-refractivity contribution in [2.45, 2.75) is 44.2 Å². The summed E-state index contributed by atoms with van der Waals surface area (Å²) in [6, 6.07) is 0.741. The topological polar surface area (TPSA) is 32.5 Å². The first-order valence-electron chi connectivity index (χ1n) is 6.69. The summed E-state index contributed by atoms with van der Waals surface area (Å²) in [6.07, 6.45) is 5.36. The lowest BCUT2D eigenvalue weighted by Crippen LogP contribution is -2.57. The fourth-order valence-corrected chi connectivity index (χ4v) is 3.10. The average Bonchev–Trinajstić information content (AvgIpc) is 3.12. The van der Waals surface area contributed by atoms with E-state index >= 15 is 0 Å². The van der Waals surface area contributed by atoms with Crippen LogP contribution in [-0.4, -0.2) is 55.1 Å². The third-order valence-electron chi connectivity index (χ3n) is 4.91. The van der Waals surface area contributed by atoms with Gasteiger partial charge in [0.1, 0.15) is 0 Å². The van der Waals surface area contributed by atoms with E-state index in [2.05, 4.69) is 30.8 Å². The van der Waals surface area contributed by atoms with Crippen LogP contribution in [0.1, 0.15) is 32.6 Å². The number of likely N-dealkylation sites (N-methyl/N-ethyl adjacent to an activating group) is 1. The number of nitrogens with zero attached hydrogens (tertiary/aromatic N) is 2. The fourth-order valence-electron chi connectivity index (χ4n) is 3.10. The van der Waals surface area contributed by atoms with E-state index < -0.39 is 0 Å². The van der Waals surface area contributed by atoms with Gasteiger partial charge >= 0.3 is 0 Å². The molecule has 0 bridgehead atoms. The molecule has 0 amide bonds. The molecule has 0 spiro atoms. The number of piperidine rings is 1. The van der Waals surface area contributed by atoms with E-state index in [0.29, 0.717) is 0 Å². The molecule has 1 saturated heterocycles. The van der Waals surface area contributed by atoms with Gasteiger partial charge in [0.2, 0.25) is 0 Å². The molecule has 0 aromatic heterocycles. The molecule has 3 nitrogen and oxygen atoms in total. The van der Waals surface area contributed by atoms with Gasteiger partial charge in [-0.15, -0.1) is 0 Å². The van der Waals surface area contributed by atoms with Gasteiger partial charge in [-0.25, -0.2) is 0 Å². The summed E-state index contributed by atoms with van der Waals surface area (Å²) in [6.45, 7) is 5.64. The van der Waals surface area contributed by atoms with Gasteiger partial charge in [-0.1, -0.05) is 0 Å². The Morgan fingerprint density at radius 2 is 1.81 bits per heavy atom. The van der Waals surface area contributed by atoms with Gasteiger partial charge in [0.05, 0.1) is 0 Å². The maximum absolute atomic E-state index is 6.03. The van der Waals surface area contributed by atoms with E-state index in [1.807, 2.05) is 0 Å². The van der Waals surface area contributed by atoms with Gasteiger partial charge in [-0.2, -0.15) is 0 Å². The van der Waals surface area contributed by atoms with Crippen LogP contribution < -0.4 is 5.73 Å². The van der Waals surface area contributed by atoms with Crippen LogP contribution in [0.25, 0.3) is 0 Å². The van der Waals surface area contributed by atoms with Crippen molar-refractivity contribution < 1.29 is 0 Å². The zero-order valence-corrected chi connectivity index (χ0v) is 11.1. The van der Waals surface area contributed by atoms with E-state index in [9.17, 15) is 0 Å². The second-order valence-electron chi connectivity index (χ2n) is 5.98. The standard InChI is InChI=1S/C13H27N3/c1-13(10-14,11-4-5-11)16(3)12-6-8-15(2)9-7-12/h11-12H,4-10,14H2,1-3H3. The summed E-state index contributed by atoms with van der Waals surface area (Å²) in [5, 5.41) is 0. The lowest BCUT2D eigenvalue weighted by molar-refractivity contribution is 0.0405. The number of likely N-dealkylation sites (tertiary alicyclic amines) is 1. The van der Waals surface area contributed by atoms with Crippen LogP contribution in [-0.2, 0) is 0 Å². The van der Waals surface area contributed by atoms with Crippen molar-refractivity contribution in [3.8, 4) is 0 Å². The molecule has 0 aromatic carbocycles. The Balaban J connectivity index is 1.97. The Hall–Kier alpha value is -0.120. The van der Waals surface area contributed by atoms with Crippen LogP contribution >= 0.6 is 0 Å². The first-order valence-corrected chi connectivity index (χ1v) is 6.69. The van der Waals surface area contributed by atoms with Crippen molar-refractivity contribution in [1.29, 1.82) is 0 Å². The molecule has 1 saturated carbocycles. The van der Waals surface area contributed by atoms with E-state index in [0.717, 1.165) is 18.5 Å². The third kappa shape index (κ3) is 2.27. The molecule has 1 aliphatic carbocycles. The lowest BCUT2D eigenvalue weighted by Gasteiger charge is -2.46. The first-order chi connectivity index (χ1) is 7.58. The molecule has 2 aliphatic rings. The monoisotopic (exact) mass is 225 g/mol. The van der Waals surface area contributed by atoms with Crippen molar-refractivity contribution in [2.24, 2.45) is 11.7 Å². The van der Waals surface area contributed by atoms with Crippen LogP contribution in [0, 0.1) is 5.92 Å². The van der Waals surface area contributed by atoms with E-state index in [-0.39, 0.29) is 5.54 Å². The zero-order chi connectivity index (χ0) is 11.8. The van der Waals surface area contributed by atoms with E-state index in [4.69, 9.17) is 5.73 Å². The summed E-state index contributed by atoms with van der Waals surface area (Å²) >= 11 is 0. The first kappa shape index (κ1) is 12.3. The molecule has 1 unspecified atom stereocenters. The Morgan fingerprint density at radius 3 is 2.25 bits per heavy atom. The molecule has 0 aromatic rings. The third-order valence-corrected chi connectivity index (χ3v) is 4.91. The van der Waals surface area contributed by atoms with Crippen molar-refractivity contribution in [3.63, 3.8) is 0 Å². The van der Waals surface area contributed by atoms with Crippen LogP contribution in [0.2, 0.25) is 0 Å². The van der Waals surface area contributed by atoms with Crippen LogP contribution in [0.3, 0.4) is 0 Å². The highest BCUT2D eigenvalue weighted by molar-refractivity contribution is 5.01. The van der Waals surface area contributed by atoms with E-state index in [1.54, 1.807) is 0 Å². The maximum Gasteiger partial charge on any atom is 0.0331 e. The molecule has 1 atom stereocenters. The highest BCUT2D eigenvalue weighted by Crippen LogP contribution is 2.43. The Morgan fingerprint density at radius 1 is 1.25 bits per heavy atom. The van der Waals surface area contributed by atoms with Crippen molar-refractivity contribution in [3.05, 3.63) is 0 Å². The number of nitrogens with two attached hydrogens (primary N) is 1. The second-order valence-corrected chi connectivity index (χ2v) is 5.98. The Labute approximate surface area is 100.0 Å². The molecule has 0 radical (unpaired) electrons. The van der Waals surface area contributed by atoms with Crippen LogP contribution in [0.15, 0.2) is 0 Å². The van der Waals surface area contributed by atoms with Crippen LogP contribution in [0.5, 0.6) is 0 Å². The average molecular weight is 225 g/mol.